The van der Waals surface area contributed by atoms with E-state index in [1.165, 1.54) is 12.8 Å². The van der Waals surface area contributed by atoms with E-state index in [1.54, 1.807) is 18.5 Å². The van der Waals surface area contributed by atoms with E-state index < -0.39 is 0 Å². The van der Waals surface area contributed by atoms with Crippen LogP contribution in [0.25, 0.3) is 0 Å². The fourth-order valence-corrected chi connectivity index (χ4v) is 2.90. The van der Waals surface area contributed by atoms with E-state index >= 15 is 0 Å². The molecule has 1 amide bonds. The Labute approximate surface area is 121 Å². The summed E-state index contributed by atoms with van der Waals surface area (Å²) in [6.45, 7) is 5.18. The summed E-state index contributed by atoms with van der Waals surface area (Å²) in [4.78, 5) is 20.9. The molecule has 1 atom stereocenters. The number of nitrogens with zero attached hydrogens (tertiary/aromatic N) is 3. The van der Waals surface area contributed by atoms with Gasteiger partial charge in [-0.15, -0.1) is 0 Å². The highest BCUT2D eigenvalue weighted by Gasteiger charge is 2.26. The van der Waals surface area contributed by atoms with Crippen molar-refractivity contribution in [3.8, 4) is 0 Å². The van der Waals surface area contributed by atoms with Crippen molar-refractivity contribution in [2.24, 2.45) is 0 Å². The zero-order valence-corrected chi connectivity index (χ0v) is 12.6. The van der Waals surface area contributed by atoms with Gasteiger partial charge in [-0.1, -0.05) is 6.92 Å². The maximum absolute atomic E-state index is 12.5. The van der Waals surface area contributed by atoms with Gasteiger partial charge < -0.3 is 10.2 Å². The summed E-state index contributed by atoms with van der Waals surface area (Å²) in [5, 5.41) is 3.02. The maximum atomic E-state index is 12.5. The molecule has 1 aliphatic heterocycles. The van der Waals surface area contributed by atoms with Crippen LogP contribution in [0.15, 0.2) is 18.5 Å². The topological polar surface area (TPSA) is 48.5 Å². The Kier molecular flexibility index (Phi) is 4.95. The van der Waals surface area contributed by atoms with E-state index in [9.17, 15) is 4.79 Å². The first kappa shape index (κ1) is 14.8. The molecule has 1 aromatic heterocycles. The number of likely N-dealkylation sites (tertiary alicyclic amines) is 1. The van der Waals surface area contributed by atoms with Crippen LogP contribution in [0.1, 0.15) is 30.1 Å². The van der Waals surface area contributed by atoms with Crippen molar-refractivity contribution >= 4 is 11.6 Å². The number of pyridine rings is 1. The quantitative estimate of drug-likeness (QED) is 0.889. The van der Waals surface area contributed by atoms with Gasteiger partial charge in [-0.3, -0.25) is 14.7 Å². The lowest BCUT2D eigenvalue weighted by atomic mass is 10.1. The minimum absolute atomic E-state index is 0.0553. The highest BCUT2D eigenvalue weighted by Crippen LogP contribution is 2.19. The third-order valence-electron chi connectivity index (χ3n) is 4.06. The molecule has 1 unspecified atom stereocenters. The first-order chi connectivity index (χ1) is 9.67. The molecule has 2 heterocycles. The number of likely N-dealkylation sites (N-methyl/N-ethyl adjacent to an activating group) is 2. The molecule has 1 aliphatic rings. The van der Waals surface area contributed by atoms with Crippen molar-refractivity contribution < 1.29 is 4.79 Å². The fraction of sp³-hybridized carbons (Fsp3) is 0.600. The van der Waals surface area contributed by atoms with Crippen LogP contribution in [0.5, 0.6) is 0 Å². The van der Waals surface area contributed by atoms with Crippen molar-refractivity contribution in [2.75, 3.05) is 39.0 Å². The van der Waals surface area contributed by atoms with Crippen molar-refractivity contribution in [3.63, 3.8) is 0 Å². The largest absolute Gasteiger partial charge is 0.386 e. The van der Waals surface area contributed by atoms with Crippen molar-refractivity contribution in [3.05, 3.63) is 24.0 Å². The number of nitrogens with one attached hydrogen (secondary N) is 1. The third kappa shape index (κ3) is 3.10. The number of rotatable bonds is 5. The molecule has 20 heavy (non-hydrogen) atoms. The highest BCUT2D eigenvalue weighted by molar-refractivity contribution is 5.99. The molecule has 1 saturated heterocycles. The highest BCUT2D eigenvalue weighted by atomic mass is 16.2. The second kappa shape index (κ2) is 6.70. The second-order valence-corrected chi connectivity index (χ2v) is 5.28. The lowest BCUT2D eigenvalue weighted by Gasteiger charge is -2.28. The van der Waals surface area contributed by atoms with Gasteiger partial charge in [0.1, 0.15) is 0 Å². The number of hydrogen-bond acceptors (Lipinski definition) is 4. The maximum Gasteiger partial charge on any atom is 0.255 e. The first-order valence-electron chi connectivity index (χ1n) is 7.28. The number of amides is 1. The predicted molar refractivity (Wildman–Crippen MR) is 81.0 cm³/mol. The van der Waals surface area contributed by atoms with E-state index in [0.717, 1.165) is 25.3 Å². The molecule has 5 nitrogen and oxygen atoms in total. The van der Waals surface area contributed by atoms with E-state index in [1.807, 2.05) is 19.0 Å². The van der Waals surface area contributed by atoms with Crippen LogP contribution in [-0.4, -0.2) is 60.5 Å². The Morgan fingerprint density at radius 2 is 2.40 bits per heavy atom. The average molecular weight is 276 g/mol. The van der Waals surface area contributed by atoms with Gasteiger partial charge in [0.25, 0.3) is 5.91 Å². The summed E-state index contributed by atoms with van der Waals surface area (Å²) in [5.74, 6) is 0.0553. The van der Waals surface area contributed by atoms with E-state index in [-0.39, 0.29) is 5.91 Å². The smallest absolute Gasteiger partial charge is 0.255 e. The van der Waals surface area contributed by atoms with Crippen LogP contribution in [0.4, 0.5) is 5.69 Å². The summed E-state index contributed by atoms with van der Waals surface area (Å²) < 4.78 is 0. The van der Waals surface area contributed by atoms with Crippen LogP contribution < -0.4 is 5.32 Å². The normalized spacial score (nSPS) is 19.1. The third-order valence-corrected chi connectivity index (χ3v) is 4.06. The molecule has 0 aliphatic carbocycles. The molecule has 1 fully saturated rings. The standard InChI is InChI=1S/C15H24N4O/c1-4-19-9-5-6-12(19)11-18(3)15(20)13-7-8-17-10-14(13)16-2/h7-8,10,12,16H,4-6,9,11H2,1-3H3. The molecule has 1 N–H and O–H groups in total. The lowest BCUT2D eigenvalue weighted by molar-refractivity contribution is 0.0755. The zero-order chi connectivity index (χ0) is 14.5. The van der Waals surface area contributed by atoms with Crippen LogP contribution in [0.3, 0.4) is 0 Å². The van der Waals surface area contributed by atoms with Crippen LogP contribution in [-0.2, 0) is 0 Å². The monoisotopic (exact) mass is 276 g/mol. The lowest BCUT2D eigenvalue weighted by Crippen LogP contribution is -2.41. The van der Waals surface area contributed by atoms with Gasteiger partial charge in [-0.2, -0.15) is 0 Å². The molecule has 0 saturated carbocycles. The number of carbonyl (C=O) groups is 1. The first-order valence-corrected chi connectivity index (χ1v) is 7.28. The fourth-order valence-electron chi connectivity index (χ4n) is 2.90. The molecular weight excluding hydrogens is 252 g/mol. The number of hydrogen-bond donors (Lipinski definition) is 1. The minimum atomic E-state index is 0.0553. The van der Waals surface area contributed by atoms with Gasteiger partial charge >= 0.3 is 0 Å². The van der Waals surface area contributed by atoms with E-state index in [4.69, 9.17) is 0 Å². The molecule has 0 aromatic carbocycles. The SMILES string of the molecule is CCN1CCCC1CN(C)C(=O)c1ccncc1NC. The Hall–Kier alpha value is -1.62. The minimum Gasteiger partial charge on any atom is -0.386 e. The molecule has 1 aromatic rings. The molecule has 5 heteroatoms. The van der Waals surface area contributed by atoms with Gasteiger partial charge in [-0.25, -0.2) is 0 Å². The van der Waals surface area contributed by atoms with Crippen LogP contribution in [0.2, 0.25) is 0 Å². The van der Waals surface area contributed by atoms with Crippen LogP contribution >= 0.6 is 0 Å². The summed E-state index contributed by atoms with van der Waals surface area (Å²) in [5.41, 5.74) is 1.47. The van der Waals surface area contributed by atoms with E-state index in [0.29, 0.717) is 11.6 Å². The summed E-state index contributed by atoms with van der Waals surface area (Å²) in [6, 6.07) is 2.27. The van der Waals surface area contributed by atoms with Gasteiger partial charge in [0.05, 0.1) is 17.4 Å². The van der Waals surface area contributed by atoms with Crippen molar-refractivity contribution in [2.45, 2.75) is 25.8 Å². The van der Waals surface area contributed by atoms with Gasteiger partial charge in [0, 0.05) is 32.9 Å². The predicted octanol–water partition coefficient (Wildman–Crippen LogP) is 1.68. The number of aromatic nitrogens is 1. The van der Waals surface area contributed by atoms with Gasteiger partial charge in [-0.05, 0) is 32.0 Å². The summed E-state index contributed by atoms with van der Waals surface area (Å²) >= 11 is 0. The van der Waals surface area contributed by atoms with E-state index in [2.05, 4.69) is 22.1 Å². The summed E-state index contributed by atoms with van der Waals surface area (Å²) in [6.07, 6.45) is 5.77. The summed E-state index contributed by atoms with van der Waals surface area (Å²) in [7, 11) is 3.69. The number of carbonyl (C=O) groups excluding carboxylic acids is 1. The Bertz CT molecular complexity index is 463. The van der Waals surface area contributed by atoms with Gasteiger partial charge in [0.15, 0.2) is 0 Å². The Balaban J connectivity index is 2.05. The molecule has 0 radical (unpaired) electrons. The Morgan fingerprint density at radius 1 is 1.60 bits per heavy atom. The Morgan fingerprint density at radius 3 is 3.10 bits per heavy atom. The second-order valence-electron chi connectivity index (χ2n) is 5.28. The molecule has 0 bridgehead atoms. The average Bonchev–Trinajstić information content (AvgIpc) is 2.93. The van der Waals surface area contributed by atoms with Crippen molar-refractivity contribution in [1.29, 1.82) is 0 Å². The van der Waals surface area contributed by atoms with Crippen LogP contribution in [0, 0.1) is 0 Å². The van der Waals surface area contributed by atoms with Crippen molar-refractivity contribution in [1.82, 2.24) is 14.8 Å². The molecule has 110 valence electrons. The zero-order valence-electron chi connectivity index (χ0n) is 12.6. The molecule has 0 spiro atoms. The number of anilines is 1. The molecule has 2 rings (SSSR count). The van der Waals surface area contributed by atoms with Gasteiger partial charge in [0.2, 0.25) is 0 Å². The molecular formula is C15H24N4O.